The summed E-state index contributed by atoms with van der Waals surface area (Å²) in [5.41, 5.74) is 7.16. The molecular weight excluding hydrogens is 218 g/mol. The van der Waals surface area contributed by atoms with E-state index in [0.29, 0.717) is 18.1 Å². The molecule has 0 bridgehead atoms. The SMILES string of the molecule is CCOC(=O)c1ccc(-c2cccc(N)c2)o1. The van der Waals surface area contributed by atoms with Crippen molar-refractivity contribution in [2.24, 2.45) is 0 Å². The standard InChI is InChI=1S/C13H13NO3/c1-2-16-13(15)12-7-6-11(17-12)9-4-3-5-10(14)8-9/h3-8H,2,14H2,1H3. The number of ether oxygens (including phenoxy) is 1. The zero-order chi connectivity index (χ0) is 12.3. The summed E-state index contributed by atoms with van der Waals surface area (Å²) in [6.07, 6.45) is 0. The Labute approximate surface area is 99.0 Å². The van der Waals surface area contributed by atoms with E-state index in [9.17, 15) is 4.79 Å². The number of anilines is 1. The Hall–Kier alpha value is -2.23. The van der Waals surface area contributed by atoms with Gasteiger partial charge in [-0.05, 0) is 31.2 Å². The number of carbonyl (C=O) groups excluding carboxylic acids is 1. The minimum atomic E-state index is -0.456. The van der Waals surface area contributed by atoms with Crippen molar-refractivity contribution in [1.29, 1.82) is 0 Å². The topological polar surface area (TPSA) is 65.5 Å². The average Bonchev–Trinajstić information content (AvgIpc) is 2.78. The summed E-state index contributed by atoms with van der Waals surface area (Å²) in [7, 11) is 0. The summed E-state index contributed by atoms with van der Waals surface area (Å²) >= 11 is 0. The first kappa shape index (κ1) is 11.3. The number of nitrogen functional groups attached to an aromatic ring is 1. The Morgan fingerprint density at radius 2 is 2.18 bits per heavy atom. The van der Waals surface area contributed by atoms with Crippen LogP contribution in [-0.2, 0) is 4.74 Å². The van der Waals surface area contributed by atoms with E-state index in [4.69, 9.17) is 14.9 Å². The Morgan fingerprint density at radius 3 is 2.88 bits per heavy atom. The third-order valence-corrected chi connectivity index (χ3v) is 2.25. The maximum absolute atomic E-state index is 11.4. The van der Waals surface area contributed by atoms with E-state index >= 15 is 0 Å². The summed E-state index contributed by atoms with van der Waals surface area (Å²) < 4.78 is 10.3. The lowest BCUT2D eigenvalue weighted by Crippen LogP contribution is -2.02. The van der Waals surface area contributed by atoms with Crippen molar-refractivity contribution in [1.82, 2.24) is 0 Å². The van der Waals surface area contributed by atoms with Crippen LogP contribution in [0.25, 0.3) is 11.3 Å². The van der Waals surface area contributed by atoms with Gasteiger partial charge in [-0.1, -0.05) is 12.1 Å². The molecule has 0 radical (unpaired) electrons. The molecule has 17 heavy (non-hydrogen) atoms. The van der Waals surface area contributed by atoms with Crippen LogP contribution in [0.3, 0.4) is 0 Å². The van der Waals surface area contributed by atoms with Crippen LogP contribution >= 0.6 is 0 Å². The second-order valence-electron chi connectivity index (χ2n) is 3.51. The van der Waals surface area contributed by atoms with Gasteiger partial charge in [0.05, 0.1) is 6.61 Å². The third-order valence-electron chi connectivity index (χ3n) is 2.25. The molecule has 0 spiro atoms. The smallest absolute Gasteiger partial charge is 0.374 e. The van der Waals surface area contributed by atoms with Crippen LogP contribution in [0.2, 0.25) is 0 Å². The maximum Gasteiger partial charge on any atom is 0.374 e. The van der Waals surface area contributed by atoms with Gasteiger partial charge in [-0.15, -0.1) is 0 Å². The van der Waals surface area contributed by atoms with Crippen LogP contribution in [0, 0.1) is 0 Å². The van der Waals surface area contributed by atoms with Crippen molar-refractivity contribution < 1.29 is 13.9 Å². The van der Waals surface area contributed by atoms with E-state index in [-0.39, 0.29) is 5.76 Å². The lowest BCUT2D eigenvalue weighted by Gasteiger charge is -1.99. The largest absolute Gasteiger partial charge is 0.460 e. The summed E-state index contributed by atoms with van der Waals surface area (Å²) in [6.45, 7) is 2.08. The lowest BCUT2D eigenvalue weighted by atomic mass is 10.1. The molecule has 2 aromatic rings. The molecule has 0 amide bonds. The van der Waals surface area contributed by atoms with Crippen molar-refractivity contribution in [2.45, 2.75) is 6.92 Å². The molecular formula is C13H13NO3. The molecule has 4 nitrogen and oxygen atoms in total. The first-order valence-electron chi connectivity index (χ1n) is 5.33. The van der Waals surface area contributed by atoms with Crippen molar-refractivity contribution in [3.05, 3.63) is 42.2 Å². The van der Waals surface area contributed by atoms with E-state index in [2.05, 4.69) is 0 Å². The highest BCUT2D eigenvalue weighted by Crippen LogP contribution is 2.24. The molecule has 0 saturated carbocycles. The van der Waals surface area contributed by atoms with Gasteiger partial charge in [-0.25, -0.2) is 4.79 Å². The lowest BCUT2D eigenvalue weighted by molar-refractivity contribution is 0.0491. The number of nitrogens with two attached hydrogens (primary N) is 1. The number of hydrogen-bond acceptors (Lipinski definition) is 4. The van der Waals surface area contributed by atoms with Gasteiger partial charge in [0, 0.05) is 11.3 Å². The van der Waals surface area contributed by atoms with Crippen LogP contribution in [-0.4, -0.2) is 12.6 Å². The Bertz CT molecular complexity index is 531. The molecule has 0 aliphatic heterocycles. The Kier molecular flexibility index (Phi) is 3.14. The normalized spacial score (nSPS) is 10.2. The number of rotatable bonds is 3. The number of benzene rings is 1. The van der Waals surface area contributed by atoms with Gasteiger partial charge >= 0.3 is 5.97 Å². The molecule has 1 aromatic carbocycles. The Morgan fingerprint density at radius 1 is 1.35 bits per heavy atom. The van der Waals surface area contributed by atoms with Gasteiger partial charge < -0.3 is 14.9 Å². The van der Waals surface area contributed by atoms with E-state index in [1.54, 1.807) is 31.2 Å². The van der Waals surface area contributed by atoms with Crippen molar-refractivity contribution in [3.8, 4) is 11.3 Å². The van der Waals surface area contributed by atoms with Crippen molar-refractivity contribution in [2.75, 3.05) is 12.3 Å². The summed E-state index contributed by atoms with van der Waals surface area (Å²) in [6, 6.07) is 10.6. The van der Waals surface area contributed by atoms with E-state index < -0.39 is 5.97 Å². The molecule has 1 heterocycles. The third kappa shape index (κ3) is 2.47. The van der Waals surface area contributed by atoms with Crippen LogP contribution < -0.4 is 5.73 Å². The van der Waals surface area contributed by atoms with Crippen LogP contribution in [0.15, 0.2) is 40.8 Å². The molecule has 0 aliphatic carbocycles. The first-order chi connectivity index (χ1) is 8.20. The second kappa shape index (κ2) is 4.74. The van der Waals surface area contributed by atoms with E-state index in [1.165, 1.54) is 0 Å². The molecule has 88 valence electrons. The number of carbonyl (C=O) groups is 1. The van der Waals surface area contributed by atoms with Crippen LogP contribution in [0.1, 0.15) is 17.5 Å². The molecule has 0 aliphatic rings. The molecule has 0 saturated heterocycles. The van der Waals surface area contributed by atoms with Gasteiger partial charge in [-0.3, -0.25) is 0 Å². The first-order valence-corrected chi connectivity index (χ1v) is 5.33. The fraction of sp³-hybridized carbons (Fsp3) is 0.154. The zero-order valence-corrected chi connectivity index (χ0v) is 9.47. The Balaban J connectivity index is 2.27. The van der Waals surface area contributed by atoms with Gasteiger partial charge in [0.25, 0.3) is 0 Å². The van der Waals surface area contributed by atoms with Gasteiger partial charge in [0.1, 0.15) is 5.76 Å². The van der Waals surface area contributed by atoms with Gasteiger partial charge in [0.15, 0.2) is 0 Å². The molecule has 2 N–H and O–H groups in total. The summed E-state index contributed by atoms with van der Waals surface area (Å²) in [4.78, 5) is 11.4. The minimum Gasteiger partial charge on any atom is -0.460 e. The molecule has 1 aromatic heterocycles. The summed E-state index contributed by atoms with van der Waals surface area (Å²) in [5.74, 6) is 0.340. The minimum absolute atomic E-state index is 0.198. The molecule has 0 fully saturated rings. The average molecular weight is 231 g/mol. The monoisotopic (exact) mass is 231 g/mol. The van der Waals surface area contributed by atoms with Crippen molar-refractivity contribution in [3.63, 3.8) is 0 Å². The maximum atomic E-state index is 11.4. The molecule has 0 unspecified atom stereocenters. The van der Waals surface area contributed by atoms with Crippen LogP contribution in [0.4, 0.5) is 5.69 Å². The predicted octanol–water partition coefficient (Wildman–Crippen LogP) is 2.71. The fourth-order valence-electron chi connectivity index (χ4n) is 1.50. The predicted molar refractivity (Wildman–Crippen MR) is 64.5 cm³/mol. The van der Waals surface area contributed by atoms with E-state index in [0.717, 1.165) is 5.56 Å². The molecule has 0 atom stereocenters. The van der Waals surface area contributed by atoms with Gasteiger partial charge in [0.2, 0.25) is 5.76 Å². The van der Waals surface area contributed by atoms with Crippen molar-refractivity contribution >= 4 is 11.7 Å². The number of esters is 1. The summed E-state index contributed by atoms with van der Waals surface area (Å²) in [5, 5.41) is 0. The van der Waals surface area contributed by atoms with E-state index in [1.807, 2.05) is 12.1 Å². The molecule has 4 heteroatoms. The quantitative estimate of drug-likeness (QED) is 0.651. The zero-order valence-electron chi connectivity index (χ0n) is 9.47. The number of furan rings is 1. The number of hydrogen-bond donors (Lipinski definition) is 1. The fourth-order valence-corrected chi connectivity index (χ4v) is 1.50. The van der Waals surface area contributed by atoms with Crippen LogP contribution in [0.5, 0.6) is 0 Å². The highest BCUT2D eigenvalue weighted by Gasteiger charge is 2.12. The van der Waals surface area contributed by atoms with Gasteiger partial charge in [-0.2, -0.15) is 0 Å². The highest BCUT2D eigenvalue weighted by atomic mass is 16.5. The highest BCUT2D eigenvalue weighted by molar-refractivity contribution is 5.87. The second-order valence-corrected chi connectivity index (χ2v) is 3.51. The molecule has 2 rings (SSSR count).